The summed E-state index contributed by atoms with van der Waals surface area (Å²) < 4.78 is 15.0. The van der Waals surface area contributed by atoms with Crippen LogP contribution in [-0.2, 0) is 6.54 Å². The number of rotatable bonds is 4. The SMILES string of the molecule is CC(C)(O)CCn1cnc2cc(-c3ccc(F)cc3)ccc21. The van der Waals surface area contributed by atoms with E-state index < -0.39 is 5.60 Å². The van der Waals surface area contributed by atoms with Gasteiger partial charge in [0.05, 0.1) is 23.0 Å². The zero-order valence-electron chi connectivity index (χ0n) is 12.8. The van der Waals surface area contributed by atoms with Gasteiger partial charge < -0.3 is 9.67 Å². The second-order valence-electron chi connectivity index (χ2n) is 6.21. The summed E-state index contributed by atoms with van der Waals surface area (Å²) in [6, 6.07) is 12.5. The molecule has 0 bridgehead atoms. The van der Waals surface area contributed by atoms with Crippen LogP contribution in [0.4, 0.5) is 4.39 Å². The predicted octanol–water partition coefficient (Wildman–Crippen LogP) is 4.00. The first-order chi connectivity index (χ1) is 10.4. The van der Waals surface area contributed by atoms with Gasteiger partial charge in [0.2, 0.25) is 0 Å². The molecule has 0 saturated heterocycles. The Labute approximate surface area is 129 Å². The number of benzene rings is 2. The summed E-state index contributed by atoms with van der Waals surface area (Å²) in [5.74, 6) is -0.235. The van der Waals surface area contributed by atoms with E-state index in [1.54, 1.807) is 32.3 Å². The van der Waals surface area contributed by atoms with E-state index in [9.17, 15) is 9.50 Å². The lowest BCUT2D eigenvalue weighted by atomic mass is 10.0. The Hall–Kier alpha value is -2.20. The van der Waals surface area contributed by atoms with Crippen LogP contribution in [0.2, 0.25) is 0 Å². The first kappa shape index (κ1) is 14.7. The highest BCUT2D eigenvalue weighted by atomic mass is 19.1. The zero-order chi connectivity index (χ0) is 15.7. The molecule has 114 valence electrons. The molecule has 2 aromatic carbocycles. The zero-order valence-corrected chi connectivity index (χ0v) is 12.8. The molecule has 0 radical (unpaired) electrons. The van der Waals surface area contributed by atoms with Crippen LogP contribution in [0.1, 0.15) is 20.3 Å². The predicted molar refractivity (Wildman–Crippen MR) is 86.0 cm³/mol. The lowest BCUT2D eigenvalue weighted by Gasteiger charge is -2.17. The summed E-state index contributed by atoms with van der Waals surface area (Å²) in [6.45, 7) is 4.33. The van der Waals surface area contributed by atoms with E-state index in [2.05, 4.69) is 4.98 Å². The smallest absolute Gasteiger partial charge is 0.123 e. The molecule has 1 heterocycles. The summed E-state index contributed by atoms with van der Waals surface area (Å²) in [6.07, 6.45) is 2.46. The van der Waals surface area contributed by atoms with Crippen molar-refractivity contribution in [1.29, 1.82) is 0 Å². The fourth-order valence-electron chi connectivity index (χ4n) is 2.46. The molecule has 4 heteroatoms. The minimum atomic E-state index is -0.690. The number of nitrogens with zero attached hydrogens (tertiary/aromatic N) is 2. The van der Waals surface area contributed by atoms with Crippen LogP contribution in [0.3, 0.4) is 0 Å². The van der Waals surface area contributed by atoms with Crippen LogP contribution in [0, 0.1) is 5.82 Å². The third-order valence-electron chi connectivity index (χ3n) is 3.76. The second-order valence-corrected chi connectivity index (χ2v) is 6.21. The van der Waals surface area contributed by atoms with Crippen molar-refractivity contribution in [1.82, 2.24) is 9.55 Å². The first-order valence-electron chi connectivity index (χ1n) is 7.36. The second kappa shape index (κ2) is 5.54. The number of imidazole rings is 1. The van der Waals surface area contributed by atoms with Crippen molar-refractivity contribution < 1.29 is 9.50 Å². The van der Waals surface area contributed by atoms with E-state index in [1.165, 1.54) is 12.1 Å². The van der Waals surface area contributed by atoms with Crippen LogP contribution in [0.5, 0.6) is 0 Å². The van der Waals surface area contributed by atoms with Crippen molar-refractivity contribution in [2.75, 3.05) is 0 Å². The molecular formula is C18H19FN2O. The van der Waals surface area contributed by atoms with Gasteiger partial charge in [-0.2, -0.15) is 0 Å². The molecule has 3 nitrogen and oxygen atoms in total. The molecule has 22 heavy (non-hydrogen) atoms. The monoisotopic (exact) mass is 298 g/mol. The van der Waals surface area contributed by atoms with Crippen molar-refractivity contribution in [3.63, 3.8) is 0 Å². The largest absolute Gasteiger partial charge is 0.390 e. The number of halogens is 1. The van der Waals surface area contributed by atoms with Crippen molar-refractivity contribution in [2.45, 2.75) is 32.4 Å². The molecule has 3 rings (SSSR count). The van der Waals surface area contributed by atoms with Gasteiger partial charge in [-0.3, -0.25) is 0 Å². The quantitative estimate of drug-likeness (QED) is 0.790. The Morgan fingerprint density at radius 3 is 2.45 bits per heavy atom. The Balaban J connectivity index is 1.90. The van der Waals surface area contributed by atoms with Crippen molar-refractivity contribution >= 4 is 11.0 Å². The Morgan fingerprint density at radius 1 is 1.09 bits per heavy atom. The molecular weight excluding hydrogens is 279 g/mol. The average molecular weight is 298 g/mol. The molecule has 3 aromatic rings. The Kier molecular flexibility index (Phi) is 3.71. The van der Waals surface area contributed by atoms with Crippen LogP contribution in [-0.4, -0.2) is 20.3 Å². The normalized spacial score (nSPS) is 12.0. The molecule has 0 aliphatic carbocycles. The molecule has 0 aliphatic heterocycles. The highest BCUT2D eigenvalue weighted by Gasteiger charge is 2.13. The lowest BCUT2D eigenvalue weighted by molar-refractivity contribution is 0.0665. The number of fused-ring (bicyclic) bond motifs is 1. The Morgan fingerprint density at radius 2 is 1.77 bits per heavy atom. The van der Waals surface area contributed by atoms with E-state index in [-0.39, 0.29) is 5.82 Å². The molecule has 0 amide bonds. The molecule has 0 unspecified atom stereocenters. The highest BCUT2D eigenvalue weighted by Crippen LogP contribution is 2.24. The van der Waals surface area contributed by atoms with Crippen LogP contribution >= 0.6 is 0 Å². The van der Waals surface area contributed by atoms with Gasteiger partial charge in [0, 0.05) is 6.54 Å². The minimum absolute atomic E-state index is 0.235. The number of aliphatic hydroxyl groups is 1. The third kappa shape index (κ3) is 3.17. The van der Waals surface area contributed by atoms with Gasteiger partial charge in [-0.15, -0.1) is 0 Å². The molecule has 0 aliphatic rings. The maximum absolute atomic E-state index is 13.0. The molecule has 1 N–H and O–H groups in total. The topological polar surface area (TPSA) is 38.0 Å². The van der Waals surface area contributed by atoms with E-state index in [4.69, 9.17) is 0 Å². The summed E-state index contributed by atoms with van der Waals surface area (Å²) in [5, 5.41) is 9.84. The minimum Gasteiger partial charge on any atom is -0.390 e. The van der Waals surface area contributed by atoms with Crippen molar-refractivity contribution in [2.24, 2.45) is 0 Å². The first-order valence-corrected chi connectivity index (χ1v) is 7.36. The summed E-state index contributed by atoms with van der Waals surface area (Å²) in [7, 11) is 0. The van der Waals surface area contributed by atoms with Gasteiger partial charge in [-0.25, -0.2) is 9.37 Å². The van der Waals surface area contributed by atoms with Crippen molar-refractivity contribution in [3.8, 4) is 11.1 Å². The molecule has 0 fully saturated rings. The highest BCUT2D eigenvalue weighted by molar-refractivity contribution is 5.82. The summed E-state index contributed by atoms with van der Waals surface area (Å²) >= 11 is 0. The van der Waals surface area contributed by atoms with Crippen molar-refractivity contribution in [3.05, 3.63) is 54.6 Å². The number of hydrogen-bond donors (Lipinski definition) is 1. The molecule has 0 atom stereocenters. The summed E-state index contributed by atoms with van der Waals surface area (Å²) in [4.78, 5) is 4.43. The number of aryl methyl sites for hydroxylation is 1. The standard InChI is InChI=1S/C18H19FN2O/c1-18(2,22)9-10-21-12-20-16-11-14(5-8-17(16)21)13-3-6-15(19)7-4-13/h3-8,11-12,22H,9-10H2,1-2H3. The van der Waals surface area contributed by atoms with Gasteiger partial charge in [-0.05, 0) is 55.7 Å². The molecule has 0 saturated carbocycles. The van der Waals surface area contributed by atoms with E-state index in [0.717, 1.165) is 28.7 Å². The lowest BCUT2D eigenvalue weighted by Crippen LogP contribution is -2.20. The van der Waals surface area contributed by atoms with Crippen LogP contribution in [0.25, 0.3) is 22.2 Å². The van der Waals surface area contributed by atoms with Gasteiger partial charge in [0.1, 0.15) is 5.82 Å². The Bertz CT molecular complexity index is 785. The van der Waals surface area contributed by atoms with E-state index in [0.29, 0.717) is 6.42 Å². The van der Waals surface area contributed by atoms with Gasteiger partial charge in [-0.1, -0.05) is 18.2 Å². The maximum Gasteiger partial charge on any atom is 0.123 e. The van der Waals surface area contributed by atoms with Gasteiger partial charge in [0.15, 0.2) is 0 Å². The third-order valence-corrected chi connectivity index (χ3v) is 3.76. The molecule has 0 spiro atoms. The fourth-order valence-corrected chi connectivity index (χ4v) is 2.46. The fraction of sp³-hybridized carbons (Fsp3) is 0.278. The molecule has 1 aromatic heterocycles. The number of aromatic nitrogens is 2. The number of hydrogen-bond acceptors (Lipinski definition) is 2. The summed E-state index contributed by atoms with van der Waals surface area (Å²) in [5.41, 5.74) is 3.23. The van der Waals surface area contributed by atoms with Gasteiger partial charge in [0.25, 0.3) is 0 Å². The van der Waals surface area contributed by atoms with Crippen LogP contribution < -0.4 is 0 Å². The average Bonchev–Trinajstić information content (AvgIpc) is 2.87. The maximum atomic E-state index is 13.0. The van der Waals surface area contributed by atoms with Gasteiger partial charge >= 0.3 is 0 Å². The van der Waals surface area contributed by atoms with E-state index in [1.807, 2.05) is 22.8 Å². The van der Waals surface area contributed by atoms with Crippen LogP contribution in [0.15, 0.2) is 48.8 Å². The van der Waals surface area contributed by atoms with E-state index >= 15 is 0 Å².